The van der Waals surface area contributed by atoms with Gasteiger partial charge >= 0.3 is 5.97 Å². The van der Waals surface area contributed by atoms with E-state index in [0.717, 1.165) is 44.3 Å². The van der Waals surface area contributed by atoms with Crippen molar-refractivity contribution in [1.82, 2.24) is 0 Å². The molecule has 1 heterocycles. The second-order valence-corrected chi connectivity index (χ2v) is 8.69. The SMILES string of the molecule is COC(=O)[C@]1(C)CCC[C@]2(C=O)[C@@H]3Cc4occc4[C@@H](C)[C@@H]3CC[C@@H]21. The number of ether oxygens (including phenoxy) is 1. The lowest BCUT2D eigenvalue weighted by atomic mass is 9.43. The quantitative estimate of drug-likeness (QED) is 0.598. The zero-order valence-electron chi connectivity index (χ0n) is 15.4. The highest BCUT2D eigenvalue weighted by atomic mass is 16.5. The van der Waals surface area contributed by atoms with E-state index in [2.05, 4.69) is 13.0 Å². The largest absolute Gasteiger partial charge is 0.469 e. The summed E-state index contributed by atoms with van der Waals surface area (Å²) in [6.07, 6.45) is 8.43. The minimum absolute atomic E-state index is 0.0728. The van der Waals surface area contributed by atoms with Crippen molar-refractivity contribution in [2.24, 2.45) is 28.6 Å². The molecule has 0 aliphatic heterocycles. The summed E-state index contributed by atoms with van der Waals surface area (Å²) in [6.45, 7) is 4.29. The van der Waals surface area contributed by atoms with Crippen molar-refractivity contribution in [3.05, 3.63) is 23.7 Å². The van der Waals surface area contributed by atoms with Gasteiger partial charge in [0, 0.05) is 11.8 Å². The molecule has 2 saturated carbocycles. The van der Waals surface area contributed by atoms with Crippen LogP contribution in [-0.2, 0) is 20.7 Å². The lowest BCUT2D eigenvalue weighted by Gasteiger charge is -2.59. The number of methoxy groups -OCH3 is 1. The summed E-state index contributed by atoms with van der Waals surface area (Å²) in [4.78, 5) is 25.2. The molecule has 136 valence electrons. The van der Waals surface area contributed by atoms with Gasteiger partial charge in [-0.15, -0.1) is 0 Å². The van der Waals surface area contributed by atoms with Crippen LogP contribution in [-0.4, -0.2) is 19.4 Å². The molecule has 0 N–H and O–H groups in total. The molecule has 3 aliphatic rings. The first kappa shape index (κ1) is 16.9. The molecule has 25 heavy (non-hydrogen) atoms. The van der Waals surface area contributed by atoms with Gasteiger partial charge in [-0.2, -0.15) is 0 Å². The van der Waals surface area contributed by atoms with Gasteiger partial charge in [-0.1, -0.05) is 13.3 Å². The van der Waals surface area contributed by atoms with Crippen molar-refractivity contribution in [3.63, 3.8) is 0 Å². The summed E-state index contributed by atoms with van der Waals surface area (Å²) >= 11 is 0. The standard InChI is InChI=1S/C21H28O4/c1-13-14-5-6-18-20(2,19(23)24-3)8-4-9-21(18,12-22)16(14)11-17-15(13)7-10-25-17/h7,10,12-14,16,18H,4-6,8-9,11H2,1-3H3/t13-,14-,16+,18+,20+,21-/m0/s1. The average molecular weight is 344 g/mol. The summed E-state index contributed by atoms with van der Waals surface area (Å²) in [5.74, 6) is 2.14. The van der Waals surface area contributed by atoms with Gasteiger partial charge in [-0.25, -0.2) is 0 Å². The molecule has 0 aromatic carbocycles. The van der Waals surface area contributed by atoms with E-state index in [9.17, 15) is 9.59 Å². The predicted octanol–water partition coefficient (Wildman–Crippen LogP) is 4.13. The van der Waals surface area contributed by atoms with Gasteiger partial charge in [-0.05, 0) is 67.9 Å². The summed E-state index contributed by atoms with van der Waals surface area (Å²) < 4.78 is 10.9. The Morgan fingerprint density at radius 3 is 2.88 bits per heavy atom. The number of carbonyl (C=O) groups excluding carboxylic acids is 2. The van der Waals surface area contributed by atoms with Gasteiger partial charge in [-0.3, -0.25) is 4.79 Å². The van der Waals surface area contributed by atoms with Crippen LogP contribution in [0.3, 0.4) is 0 Å². The van der Waals surface area contributed by atoms with Crippen molar-refractivity contribution in [1.29, 1.82) is 0 Å². The molecule has 6 atom stereocenters. The van der Waals surface area contributed by atoms with Gasteiger partial charge in [0.05, 0.1) is 18.8 Å². The summed E-state index contributed by atoms with van der Waals surface area (Å²) in [7, 11) is 1.47. The fourth-order valence-electron chi connectivity index (χ4n) is 6.69. The van der Waals surface area contributed by atoms with E-state index < -0.39 is 10.8 Å². The Morgan fingerprint density at radius 1 is 1.36 bits per heavy atom. The monoisotopic (exact) mass is 344 g/mol. The third-order valence-electron chi connectivity index (χ3n) is 7.91. The van der Waals surface area contributed by atoms with Crippen LogP contribution < -0.4 is 0 Å². The molecular weight excluding hydrogens is 316 g/mol. The van der Waals surface area contributed by atoms with E-state index >= 15 is 0 Å². The Bertz CT molecular complexity index is 692. The first-order valence-corrected chi connectivity index (χ1v) is 9.59. The zero-order valence-corrected chi connectivity index (χ0v) is 15.4. The van der Waals surface area contributed by atoms with Gasteiger partial charge in [0.15, 0.2) is 0 Å². The maximum Gasteiger partial charge on any atom is 0.311 e. The molecule has 1 aromatic rings. The van der Waals surface area contributed by atoms with Gasteiger partial charge in [0.1, 0.15) is 12.0 Å². The number of hydrogen-bond donors (Lipinski definition) is 0. The third-order valence-corrected chi connectivity index (χ3v) is 7.91. The minimum atomic E-state index is -0.550. The minimum Gasteiger partial charge on any atom is -0.469 e. The van der Waals surface area contributed by atoms with E-state index in [1.807, 2.05) is 6.92 Å². The molecule has 0 bridgehead atoms. The van der Waals surface area contributed by atoms with Crippen molar-refractivity contribution in [2.45, 2.75) is 58.3 Å². The predicted molar refractivity (Wildman–Crippen MR) is 93.0 cm³/mol. The number of aldehydes is 1. The Labute approximate surface area is 149 Å². The number of rotatable bonds is 2. The lowest BCUT2D eigenvalue weighted by molar-refractivity contribution is -0.176. The molecule has 4 heteroatoms. The molecule has 1 aromatic heterocycles. The van der Waals surface area contributed by atoms with Crippen LogP contribution in [0, 0.1) is 28.6 Å². The average Bonchev–Trinajstić information content (AvgIpc) is 3.10. The number of furan rings is 1. The fraction of sp³-hybridized carbons (Fsp3) is 0.714. The first-order chi connectivity index (χ1) is 12.0. The van der Waals surface area contributed by atoms with Crippen LogP contribution in [0.25, 0.3) is 0 Å². The maximum absolute atomic E-state index is 12.6. The van der Waals surface area contributed by atoms with E-state index in [1.54, 1.807) is 6.26 Å². The number of carbonyl (C=O) groups is 2. The van der Waals surface area contributed by atoms with Crippen LogP contribution in [0.5, 0.6) is 0 Å². The molecule has 0 unspecified atom stereocenters. The number of fused-ring (bicyclic) bond motifs is 4. The fourth-order valence-corrected chi connectivity index (χ4v) is 6.69. The summed E-state index contributed by atoms with van der Waals surface area (Å²) in [5, 5.41) is 0. The van der Waals surface area contributed by atoms with Crippen LogP contribution in [0.2, 0.25) is 0 Å². The van der Waals surface area contributed by atoms with Gasteiger partial charge in [0.25, 0.3) is 0 Å². The molecule has 0 radical (unpaired) electrons. The van der Waals surface area contributed by atoms with Gasteiger partial charge < -0.3 is 13.9 Å². The first-order valence-electron chi connectivity index (χ1n) is 9.59. The van der Waals surface area contributed by atoms with E-state index in [4.69, 9.17) is 9.15 Å². The van der Waals surface area contributed by atoms with E-state index in [0.29, 0.717) is 11.8 Å². The Kier molecular flexibility index (Phi) is 3.86. The third kappa shape index (κ3) is 2.12. The Balaban J connectivity index is 1.79. The molecule has 4 rings (SSSR count). The second kappa shape index (κ2) is 5.72. The molecular formula is C21H28O4. The lowest BCUT2D eigenvalue weighted by Crippen LogP contribution is -2.59. The molecule has 2 fully saturated rings. The summed E-state index contributed by atoms with van der Waals surface area (Å²) in [5.41, 5.74) is 0.335. The van der Waals surface area contributed by atoms with E-state index in [1.165, 1.54) is 19.0 Å². The van der Waals surface area contributed by atoms with Crippen molar-refractivity contribution >= 4 is 12.3 Å². The number of esters is 1. The molecule has 3 aliphatic carbocycles. The topological polar surface area (TPSA) is 56.5 Å². The zero-order chi connectivity index (χ0) is 17.8. The molecule has 4 nitrogen and oxygen atoms in total. The van der Waals surface area contributed by atoms with Crippen LogP contribution in [0.4, 0.5) is 0 Å². The highest BCUT2D eigenvalue weighted by molar-refractivity contribution is 5.78. The maximum atomic E-state index is 12.6. The Hall–Kier alpha value is -1.58. The normalized spacial score (nSPS) is 42.7. The molecule has 0 amide bonds. The number of hydrogen-bond acceptors (Lipinski definition) is 4. The molecule has 0 spiro atoms. The summed E-state index contributed by atoms with van der Waals surface area (Å²) in [6, 6.07) is 2.09. The van der Waals surface area contributed by atoms with Crippen LogP contribution in [0.1, 0.15) is 63.2 Å². The van der Waals surface area contributed by atoms with Crippen molar-refractivity contribution < 1.29 is 18.7 Å². The highest BCUT2D eigenvalue weighted by Crippen LogP contribution is 2.64. The Morgan fingerprint density at radius 2 is 2.16 bits per heavy atom. The molecule has 0 saturated heterocycles. The van der Waals surface area contributed by atoms with Crippen molar-refractivity contribution in [2.75, 3.05) is 7.11 Å². The van der Waals surface area contributed by atoms with E-state index in [-0.39, 0.29) is 17.8 Å². The van der Waals surface area contributed by atoms with Gasteiger partial charge in [0.2, 0.25) is 0 Å². The van der Waals surface area contributed by atoms with Crippen molar-refractivity contribution in [3.8, 4) is 0 Å². The smallest absolute Gasteiger partial charge is 0.311 e. The van der Waals surface area contributed by atoms with Crippen LogP contribution >= 0.6 is 0 Å². The highest BCUT2D eigenvalue weighted by Gasteiger charge is 2.62. The van der Waals surface area contributed by atoms with Crippen LogP contribution in [0.15, 0.2) is 16.7 Å². The second-order valence-electron chi connectivity index (χ2n) is 8.69.